The number of aromatic nitrogens is 5. The summed E-state index contributed by atoms with van der Waals surface area (Å²) in [6.45, 7) is 1.41. The van der Waals surface area contributed by atoms with Crippen LogP contribution in [0.3, 0.4) is 0 Å². The van der Waals surface area contributed by atoms with Gasteiger partial charge in [-0.2, -0.15) is 0 Å². The number of aliphatic carboxylic acids is 1. The molecule has 9 nitrogen and oxygen atoms in total. The average molecular weight is 379 g/mol. The summed E-state index contributed by atoms with van der Waals surface area (Å²) >= 11 is 0. The molecule has 0 radical (unpaired) electrons. The molecule has 0 aliphatic rings. The molecule has 4 rings (SSSR count). The number of aryl methyl sites for hydroxylation is 2. The molecule has 0 aliphatic heterocycles. The Hall–Kier alpha value is -3.75. The van der Waals surface area contributed by atoms with Gasteiger partial charge in [0.25, 0.3) is 5.56 Å². The standard InChI is InChI=1S/C19H17N5O4/c1-11-4-3-5-14-16(11)12(7-22(14)2)8-23-17-13(6-20-10-21-17)18(27)24(19(23)28)9-15(25)26/h3-7,10H,8-9H2,1-2H3,(H,25,26). The van der Waals surface area contributed by atoms with Crippen LogP contribution in [-0.4, -0.2) is 34.7 Å². The molecule has 3 heterocycles. The number of carboxylic acid groups (broad SMARTS) is 1. The summed E-state index contributed by atoms with van der Waals surface area (Å²) in [7, 11) is 1.92. The van der Waals surface area contributed by atoms with E-state index in [1.165, 1.54) is 17.1 Å². The number of rotatable bonds is 4. The minimum Gasteiger partial charge on any atom is -0.480 e. The van der Waals surface area contributed by atoms with E-state index >= 15 is 0 Å². The Morgan fingerprint density at radius 3 is 2.75 bits per heavy atom. The summed E-state index contributed by atoms with van der Waals surface area (Å²) in [6, 6.07) is 5.93. The molecule has 0 saturated carbocycles. The van der Waals surface area contributed by atoms with Crippen molar-refractivity contribution in [3.05, 3.63) is 68.9 Å². The Kier molecular flexibility index (Phi) is 4.07. The second kappa shape index (κ2) is 6.45. The van der Waals surface area contributed by atoms with Crippen LogP contribution in [0.25, 0.3) is 21.9 Å². The fourth-order valence-corrected chi connectivity index (χ4v) is 3.60. The second-order valence-corrected chi connectivity index (χ2v) is 6.65. The van der Waals surface area contributed by atoms with Crippen LogP contribution in [0, 0.1) is 6.92 Å². The maximum Gasteiger partial charge on any atom is 0.333 e. The van der Waals surface area contributed by atoms with Gasteiger partial charge in [0.15, 0.2) is 5.65 Å². The van der Waals surface area contributed by atoms with Gasteiger partial charge in [-0.15, -0.1) is 0 Å². The monoisotopic (exact) mass is 379 g/mol. The molecule has 0 amide bonds. The lowest BCUT2D eigenvalue weighted by atomic mass is 10.1. The van der Waals surface area contributed by atoms with E-state index in [1.807, 2.05) is 42.9 Å². The van der Waals surface area contributed by atoms with Crippen molar-refractivity contribution in [3.8, 4) is 0 Å². The van der Waals surface area contributed by atoms with Crippen molar-refractivity contribution in [2.75, 3.05) is 0 Å². The lowest BCUT2D eigenvalue weighted by molar-refractivity contribution is -0.137. The smallest absolute Gasteiger partial charge is 0.333 e. The Morgan fingerprint density at radius 2 is 2.00 bits per heavy atom. The molecule has 0 saturated heterocycles. The normalized spacial score (nSPS) is 11.4. The molecular weight excluding hydrogens is 362 g/mol. The first-order chi connectivity index (χ1) is 13.4. The number of carboxylic acids is 1. The van der Waals surface area contributed by atoms with Gasteiger partial charge < -0.3 is 9.67 Å². The molecule has 28 heavy (non-hydrogen) atoms. The predicted molar refractivity (Wildman–Crippen MR) is 102 cm³/mol. The molecule has 0 bridgehead atoms. The number of fused-ring (bicyclic) bond motifs is 2. The minimum absolute atomic E-state index is 0.0975. The topological polar surface area (TPSA) is 112 Å². The van der Waals surface area contributed by atoms with Crippen molar-refractivity contribution in [1.29, 1.82) is 0 Å². The van der Waals surface area contributed by atoms with Gasteiger partial charge in [0.1, 0.15) is 18.3 Å². The van der Waals surface area contributed by atoms with Crippen molar-refractivity contribution in [1.82, 2.24) is 23.7 Å². The summed E-state index contributed by atoms with van der Waals surface area (Å²) in [5.41, 5.74) is 1.69. The van der Waals surface area contributed by atoms with Crippen molar-refractivity contribution < 1.29 is 9.90 Å². The summed E-state index contributed by atoms with van der Waals surface area (Å²) in [5.74, 6) is -1.28. The second-order valence-electron chi connectivity index (χ2n) is 6.65. The van der Waals surface area contributed by atoms with Crippen LogP contribution in [0.2, 0.25) is 0 Å². The zero-order valence-corrected chi connectivity index (χ0v) is 15.3. The fraction of sp³-hybridized carbons (Fsp3) is 0.211. The van der Waals surface area contributed by atoms with E-state index in [0.29, 0.717) is 4.57 Å². The lowest BCUT2D eigenvalue weighted by Gasteiger charge is -2.12. The van der Waals surface area contributed by atoms with Crippen molar-refractivity contribution >= 4 is 27.9 Å². The number of hydrogen-bond acceptors (Lipinski definition) is 5. The maximum absolute atomic E-state index is 13.0. The summed E-state index contributed by atoms with van der Waals surface area (Å²) in [4.78, 5) is 44.6. The summed E-state index contributed by atoms with van der Waals surface area (Å²) in [5, 5.41) is 10.2. The van der Waals surface area contributed by atoms with Crippen LogP contribution < -0.4 is 11.2 Å². The van der Waals surface area contributed by atoms with E-state index < -0.39 is 23.8 Å². The molecule has 1 N–H and O–H groups in total. The van der Waals surface area contributed by atoms with Gasteiger partial charge in [-0.1, -0.05) is 12.1 Å². The molecule has 1 aromatic carbocycles. The largest absolute Gasteiger partial charge is 0.480 e. The maximum atomic E-state index is 13.0. The molecule has 4 aromatic rings. The van der Waals surface area contributed by atoms with E-state index in [9.17, 15) is 14.4 Å². The van der Waals surface area contributed by atoms with Crippen molar-refractivity contribution in [3.63, 3.8) is 0 Å². The van der Waals surface area contributed by atoms with E-state index in [2.05, 4.69) is 9.97 Å². The number of nitrogens with zero attached hydrogens (tertiary/aromatic N) is 5. The van der Waals surface area contributed by atoms with Crippen molar-refractivity contribution in [2.45, 2.75) is 20.0 Å². The van der Waals surface area contributed by atoms with Gasteiger partial charge in [0.05, 0.1) is 6.54 Å². The Bertz CT molecular complexity index is 1360. The van der Waals surface area contributed by atoms with Gasteiger partial charge in [-0.05, 0) is 24.1 Å². The SMILES string of the molecule is Cc1cccc2c1c(Cn1c(=O)n(CC(=O)O)c(=O)c3cncnc31)cn2C. The molecule has 0 spiro atoms. The highest BCUT2D eigenvalue weighted by atomic mass is 16.4. The van der Waals surface area contributed by atoms with Crippen LogP contribution in [-0.2, 0) is 24.9 Å². The molecule has 0 aliphatic carbocycles. The zero-order chi connectivity index (χ0) is 20.0. The first-order valence-corrected chi connectivity index (χ1v) is 8.57. The van der Waals surface area contributed by atoms with E-state index in [-0.39, 0.29) is 17.6 Å². The highest BCUT2D eigenvalue weighted by Gasteiger charge is 2.18. The first-order valence-electron chi connectivity index (χ1n) is 8.57. The number of hydrogen-bond donors (Lipinski definition) is 1. The molecule has 0 atom stereocenters. The van der Waals surface area contributed by atoms with Gasteiger partial charge in [-0.25, -0.2) is 19.3 Å². The lowest BCUT2D eigenvalue weighted by Crippen LogP contribution is -2.42. The van der Waals surface area contributed by atoms with Gasteiger partial charge in [0, 0.05) is 30.3 Å². The summed E-state index contributed by atoms with van der Waals surface area (Å²) < 4.78 is 3.99. The molecular formula is C19H17N5O4. The first kappa shape index (κ1) is 17.7. The average Bonchev–Trinajstić information content (AvgIpc) is 2.99. The summed E-state index contributed by atoms with van der Waals surface area (Å²) in [6.07, 6.45) is 4.48. The van der Waals surface area contributed by atoms with Crippen LogP contribution in [0.1, 0.15) is 11.1 Å². The third kappa shape index (κ3) is 2.68. The Labute approximate surface area is 158 Å². The molecule has 3 aromatic heterocycles. The van der Waals surface area contributed by atoms with Crippen molar-refractivity contribution in [2.24, 2.45) is 7.05 Å². The molecule has 0 unspecified atom stereocenters. The minimum atomic E-state index is -1.28. The molecule has 9 heteroatoms. The Balaban J connectivity index is 2.01. The highest BCUT2D eigenvalue weighted by Crippen LogP contribution is 2.25. The van der Waals surface area contributed by atoms with Crippen LogP contribution >= 0.6 is 0 Å². The predicted octanol–water partition coefficient (Wildman–Crippen LogP) is 0.886. The third-order valence-electron chi connectivity index (χ3n) is 4.81. The highest BCUT2D eigenvalue weighted by molar-refractivity contribution is 5.87. The van der Waals surface area contributed by atoms with Gasteiger partial charge >= 0.3 is 11.7 Å². The number of carbonyl (C=O) groups is 1. The quantitative estimate of drug-likeness (QED) is 0.563. The van der Waals surface area contributed by atoms with Gasteiger partial charge in [0.2, 0.25) is 0 Å². The number of benzene rings is 1. The van der Waals surface area contributed by atoms with E-state index in [1.54, 1.807) is 0 Å². The third-order valence-corrected chi connectivity index (χ3v) is 4.81. The van der Waals surface area contributed by atoms with Crippen LogP contribution in [0.5, 0.6) is 0 Å². The fourth-order valence-electron chi connectivity index (χ4n) is 3.60. The van der Waals surface area contributed by atoms with Crippen LogP contribution in [0.4, 0.5) is 0 Å². The molecule has 142 valence electrons. The Morgan fingerprint density at radius 1 is 1.21 bits per heavy atom. The molecule has 0 fully saturated rings. The van der Waals surface area contributed by atoms with E-state index in [0.717, 1.165) is 22.0 Å². The van der Waals surface area contributed by atoms with E-state index in [4.69, 9.17) is 5.11 Å². The zero-order valence-electron chi connectivity index (χ0n) is 15.3. The van der Waals surface area contributed by atoms with Gasteiger partial charge in [-0.3, -0.25) is 14.2 Å². The van der Waals surface area contributed by atoms with Crippen LogP contribution in [0.15, 0.2) is 46.5 Å².